The Bertz CT molecular complexity index is 179. The molecule has 1 aliphatic heterocycles. The first-order chi connectivity index (χ1) is 5.55. The molecule has 0 aromatic rings. The van der Waals surface area contributed by atoms with Crippen LogP contribution in [0.25, 0.3) is 0 Å². The molecule has 6 heteroatoms. The summed E-state index contributed by atoms with van der Waals surface area (Å²) < 4.78 is 5.07. The summed E-state index contributed by atoms with van der Waals surface area (Å²) in [6, 6.07) is 0. The molecule has 1 aliphatic rings. The van der Waals surface area contributed by atoms with Gasteiger partial charge in [-0.05, 0) is 6.92 Å². The van der Waals surface area contributed by atoms with E-state index in [0.717, 1.165) is 0 Å². The van der Waals surface area contributed by atoms with Gasteiger partial charge in [-0.25, -0.2) is 0 Å². The predicted molar refractivity (Wildman–Crippen MR) is 38.2 cm³/mol. The third-order valence-electron chi connectivity index (χ3n) is 1.97. The molecule has 0 spiro atoms. The summed E-state index contributed by atoms with van der Waals surface area (Å²) in [7, 11) is 0. The Kier molecular flexibility index (Phi) is 5.43. The SMILES string of the molecule is CC(O)(C(=O)[O-])C1CNCCO1.[Na+]. The molecule has 0 aromatic carbocycles. The number of ether oxygens (including phenoxy) is 1. The molecule has 0 aromatic heterocycles. The van der Waals surface area contributed by atoms with Gasteiger partial charge >= 0.3 is 29.6 Å². The molecule has 13 heavy (non-hydrogen) atoms. The van der Waals surface area contributed by atoms with Crippen molar-refractivity contribution >= 4 is 5.97 Å². The van der Waals surface area contributed by atoms with E-state index < -0.39 is 17.7 Å². The van der Waals surface area contributed by atoms with Gasteiger partial charge in [0.2, 0.25) is 0 Å². The molecule has 2 unspecified atom stereocenters. The largest absolute Gasteiger partial charge is 1.00 e. The van der Waals surface area contributed by atoms with Crippen LogP contribution in [0.4, 0.5) is 0 Å². The van der Waals surface area contributed by atoms with Crippen LogP contribution in [0.3, 0.4) is 0 Å². The molecule has 1 fully saturated rings. The minimum Gasteiger partial charge on any atom is -0.547 e. The van der Waals surface area contributed by atoms with Gasteiger partial charge in [-0.1, -0.05) is 0 Å². The van der Waals surface area contributed by atoms with Gasteiger partial charge in [-0.2, -0.15) is 0 Å². The Labute approximate surface area is 98.7 Å². The first kappa shape index (κ1) is 13.4. The van der Waals surface area contributed by atoms with Crippen molar-refractivity contribution < 1.29 is 49.3 Å². The average Bonchev–Trinajstić information content (AvgIpc) is 2.06. The van der Waals surface area contributed by atoms with E-state index in [9.17, 15) is 15.0 Å². The van der Waals surface area contributed by atoms with Crippen molar-refractivity contribution in [2.45, 2.75) is 18.6 Å². The summed E-state index contributed by atoms with van der Waals surface area (Å²) in [4.78, 5) is 10.5. The molecule has 0 bridgehead atoms. The molecule has 0 radical (unpaired) electrons. The molecule has 2 N–H and O–H groups in total. The molecule has 0 aliphatic carbocycles. The van der Waals surface area contributed by atoms with E-state index in [0.29, 0.717) is 19.7 Å². The number of rotatable bonds is 2. The molecule has 1 heterocycles. The van der Waals surface area contributed by atoms with Gasteiger partial charge in [0, 0.05) is 13.1 Å². The van der Waals surface area contributed by atoms with Crippen LogP contribution < -0.4 is 40.0 Å². The number of morpholine rings is 1. The Morgan fingerprint density at radius 1 is 1.77 bits per heavy atom. The molecule has 0 saturated carbocycles. The van der Waals surface area contributed by atoms with Crippen molar-refractivity contribution in [1.29, 1.82) is 0 Å². The Balaban J connectivity index is 0.00000144. The average molecular weight is 197 g/mol. The van der Waals surface area contributed by atoms with Crippen LogP contribution in [0.5, 0.6) is 0 Å². The summed E-state index contributed by atoms with van der Waals surface area (Å²) in [5.41, 5.74) is -1.91. The molecular formula is C7H12NNaO4. The van der Waals surface area contributed by atoms with Gasteiger partial charge < -0.3 is 25.1 Å². The Hall–Kier alpha value is 0.350. The van der Waals surface area contributed by atoms with Crippen molar-refractivity contribution in [2.24, 2.45) is 0 Å². The summed E-state index contributed by atoms with van der Waals surface area (Å²) in [5, 5.41) is 22.8. The van der Waals surface area contributed by atoms with E-state index in [2.05, 4.69) is 5.32 Å². The zero-order valence-corrected chi connectivity index (χ0v) is 9.87. The number of carbonyl (C=O) groups is 1. The molecule has 2 atom stereocenters. The van der Waals surface area contributed by atoms with Crippen LogP contribution in [0, 0.1) is 0 Å². The fraction of sp³-hybridized carbons (Fsp3) is 0.857. The number of carboxylic acids is 1. The first-order valence-electron chi connectivity index (χ1n) is 3.81. The molecule has 1 saturated heterocycles. The maximum atomic E-state index is 10.5. The normalized spacial score (nSPS) is 27.1. The molecular weight excluding hydrogens is 185 g/mol. The summed E-state index contributed by atoms with van der Waals surface area (Å²) in [5.74, 6) is -1.50. The maximum absolute atomic E-state index is 10.5. The second-order valence-electron chi connectivity index (χ2n) is 3.00. The minimum absolute atomic E-state index is 0. The molecule has 1 rings (SSSR count). The van der Waals surface area contributed by atoms with Gasteiger partial charge in [0.25, 0.3) is 0 Å². The van der Waals surface area contributed by atoms with E-state index in [1.165, 1.54) is 6.92 Å². The van der Waals surface area contributed by atoms with Crippen LogP contribution in [0.1, 0.15) is 6.92 Å². The molecule has 70 valence electrons. The Morgan fingerprint density at radius 3 is 2.77 bits per heavy atom. The minimum atomic E-state index is -1.91. The smallest absolute Gasteiger partial charge is 0.547 e. The zero-order chi connectivity index (χ0) is 9.19. The maximum Gasteiger partial charge on any atom is 1.00 e. The van der Waals surface area contributed by atoms with Crippen LogP contribution in [0.15, 0.2) is 0 Å². The van der Waals surface area contributed by atoms with Crippen LogP contribution in [0.2, 0.25) is 0 Å². The van der Waals surface area contributed by atoms with Gasteiger partial charge in [-0.3, -0.25) is 0 Å². The summed E-state index contributed by atoms with van der Waals surface area (Å²) in [6.45, 7) is 2.61. The van der Waals surface area contributed by atoms with E-state index in [1.54, 1.807) is 0 Å². The number of carboxylic acid groups (broad SMARTS) is 1. The molecule has 0 amide bonds. The number of nitrogens with one attached hydrogen (secondary N) is 1. The second kappa shape index (κ2) is 5.29. The van der Waals surface area contributed by atoms with E-state index in [1.807, 2.05) is 0 Å². The van der Waals surface area contributed by atoms with Gasteiger partial charge in [-0.15, -0.1) is 0 Å². The fourth-order valence-corrected chi connectivity index (χ4v) is 1.06. The van der Waals surface area contributed by atoms with Gasteiger partial charge in [0.1, 0.15) is 11.7 Å². The van der Waals surface area contributed by atoms with Crippen molar-refractivity contribution in [3.05, 3.63) is 0 Å². The third-order valence-corrected chi connectivity index (χ3v) is 1.97. The van der Waals surface area contributed by atoms with E-state index >= 15 is 0 Å². The van der Waals surface area contributed by atoms with Crippen molar-refractivity contribution in [3.63, 3.8) is 0 Å². The summed E-state index contributed by atoms with van der Waals surface area (Å²) >= 11 is 0. The predicted octanol–water partition coefficient (Wildman–Crippen LogP) is -5.52. The van der Waals surface area contributed by atoms with E-state index in [-0.39, 0.29) is 29.6 Å². The molecule has 5 nitrogen and oxygen atoms in total. The van der Waals surface area contributed by atoms with Crippen LogP contribution >= 0.6 is 0 Å². The van der Waals surface area contributed by atoms with Gasteiger partial charge in [0.15, 0.2) is 0 Å². The van der Waals surface area contributed by atoms with Crippen LogP contribution in [-0.2, 0) is 9.53 Å². The fourth-order valence-electron chi connectivity index (χ4n) is 1.06. The first-order valence-corrected chi connectivity index (χ1v) is 3.81. The quantitative estimate of drug-likeness (QED) is 0.431. The zero-order valence-electron chi connectivity index (χ0n) is 7.87. The summed E-state index contributed by atoms with van der Waals surface area (Å²) in [6.07, 6.45) is -0.726. The van der Waals surface area contributed by atoms with E-state index in [4.69, 9.17) is 4.74 Å². The van der Waals surface area contributed by atoms with Crippen molar-refractivity contribution in [3.8, 4) is 0 Å². The van der Waals surface area contributed by atoms with Crippen molar-refractivity contribution in [2.75, 3.05) is 19.7 Å². The van der Waals surface area contributed by atoms with Crippen LogP contribution in [-0.4, -0.2) is 42.5 Å². The third kappa shape index (κ3) is 3.19. The standard InChI is InChI=1S/C7H13NO4.Na/c1-7(11,6(9)10)5-4-8-2-3-12-5;/h5,8,11H,2-4H2,1H3,(H,9,10);/q;+1/p-1. The number of hydrogen-bond acceptors (Lipinski definition) is 5. The van der Waals surface area contributed by atoms with Crippen molar-refractivity contribution in [1.82, 2.24) is 5.32 Å². The number of aliphatic carboxylic acids is 1. The number of aliphatic hydroxyl groups is 1. The monoisotopic (exact) mass is 197 g/mol. The number of hydrogen-bond donors (Lipinski definition) is 2. The second-order valence-corrected chi connectivity index (χ2v) is 3.00. The topological polar surface area (TPSA) is 81.6 Å². The number of carbonyl (C=O) groups excluding carboxylic acids is 1. The van der Waals surface area contributed by atoms with Gasteiger partial charge in [0.05, 0.1) is 12.6 Å². The Morgan fingerprint density at radius 2 is 2.38 bits per heavy atom.